The molecule has 0 fully saturated rings. The normalized spacial score (nSPS) is 16.2. The van der Waals surface area contributed by atoms with E-state index in [4.69, 9.17) is 0 Å². The number of aryl methyl sites for hydroxylation is 2. The van der Waals surface area contributed by atoms with Crippen LogP contribution in [0.5, 0.6) is 0 Å². The SMILES string of the molecule is CC.CC.Cc1cccc2c1CC=C2C(C)(C)C.Cc1cccc2c1CCC2C(C)(C)C. The molecule has 178 valence electrons. The Hall–Kier alpha value is -1.82. The minimum Gasteiger partial charge on any atom is -0.0757 e. The van der Waals surface area contributed by atoms with Crippen molar-refractivity contribution in [1.29, 1.82) is 0 Å². The largest absolute Gasteiger partial charge is 0.0757 e. The summed E-state index contributed by atoms with van der Waals surface area (Å²) in [6.45, 7) is 26.4. The van der Waals surface area contributed by atoms with E-state index in [-0.39, 0.29) is 5.41 Å². The molecular formula is C32H50. The summed E-state index contributed by atoms with van der Waals surface area (Å²) >= 11 is 0. The van der Waals surface area contributed by atoms with E-state index in [9.17, 15) is 0 Å². The molecule has 0 nitrogen and oxygen atoms in total. The molecule has 1 atom stereocenters. The van der Waals surface area contributed by atoms with E-state index in [1.165, 1.54) is 40.7 Å². The van der Waals surface area contributed by atoms with Crippen LogP contribution in [-0.2, 0) is 12.8 Å². The Balaban J connectivity index is 0.000000277. The third kappa shape index (κ3) is 6.60. The molecule has 0 amide bonds. The van der Waals surface area contributed by atoms with Crippen molar-refractivity contribution in [2.24, 2.45) is 10.8 Å². The summed E-state index contributed by atoms with van der Waals surface area (Å²) in [5, 5.41) is 0. The predicted molar refractivity (Wildman–Crippen MR) is 147 cm³/mol. The molecule has 0 heteroatoms. The van der Waals surface area contributed by atoms with Crippen molar-refractivity contribution in [3.05, 3.63) is 75.9 Å². The van der Waals surface area contributed by atoms with Gasteiger partial charge in [-0.25, -0.2) is 0 Å². The highest BCUT2D eigenvalue weighted by Crippen LogP contribution is 2.45. The highest BCUT2D eigenvalue weighted by molar-refractivity contribution is 5.77. The molecule has 2 aliphatic rings. The van der Waals surface area contributed by atoms with Crippen LogP contribution < -0.4 is 0 Å². The van der Waals surface area contributed by atoms with Crippen LogP contribution in [0.15, 0.2) is 42.5 Å². The van der Waals surface area contributed by atoms with Gasteiger partial charge in [0.1, 0.15) is 0 Å². The lowest BCUT2D eigenvalue weighted by Gasteiger charge is -2.27. The molecule has 1 unspecified atom stereocenters. The molecule has 0 saturated heterocycles. The molecule has 0 saturated carbocycles. The third-order valence-corrected chi connectivity index (χ3v) is 6.57. The van der Waals surface area contributed by atoms with Crippen LogP contribution >= 0.6 is 0 Å². The third-order valence-electron chi connectivity index (χ3n) is 6.57. The lowest BCUT2D eigenvalue weighted by atomic mass is 9.77. The molecule has 4 rings (SSSR count). The smallest absolute Gasteiger partial charge is 0.00825 e. The highest BCUT2D eigenvalue weighted by Gasteiger charge is 2.32. The summed E-state index contributed by atoms with van der Waals surface area (Å²) in [6.07, 6.45) is 6.12. The molecule has 0 heterocycles. The second kappa shape index (κ2) is 11.9. The Kier molecular flexibility index (Phi) is 10.5. The first-order valence-electron chi connectivity index (χ1n) is 12.9. The summed E-state index contributed by atoms with van der Waals surface area (Å²) in [6, 6.07) is 13.4. The van der Waals surface area contributed by atoms with Gasteiger partial charge in [0.2, 0.25) is 0 Å². The van der Waals surface area contributed by atoms with E-state index >= 15 is 0 Å². The second-order valence-corrected chi connectivity index (χ2v) is 10.8. The van der Waals surface area contributed by atoms with Crippen molar-refractivity contribution in [2.45, 2.75) is 108 Å². The van der Waals surface area contributed by atoms with Crippen LogP contribution in [0.3, 0.4) is 0 Å². The van der Waals surface area contributed by atoms with E-state index in [2.05, 4.69) is 97.9 Å². The first-order chi connectivity index (χ1) is 15.0. The Morgan fingerprint density at radius 1 is 0.719 bits per heavy atom. The van der Waals surface area contributed by atoms with Crippen molar-refractivity contribution in [2.75, 3.05) is 0 Å². The fourth-order valence-corrected chi connectivity index (χ4v) is 4.99. The topological polar surface area (TPSA) is 0 Å². The van der Waals surface area contributed by atoms with Gasteiger partial charge >= 0.3 is 0 Å². The summed E-state index contributed by atoms with van der Waals surface area (Å²) in [7, 11) is 0. The lowest BCUT2D eigenvalue weighted by molar-refractivity contribution is 0.319. The first-order valence-corrected chi connectivity index (χ1v) is 12.9. The highest BCUT2D eigenvalue weighted by atomic mass is 14.4. The quantitative estimate of drug-likeness (QED) is 0.387. The number of allylic oxidation sites excluding steroid dienone is 2. The number of benzene rings is 2. The molecule has 32 heavy (non-hydrogen) atoms. The van der Waals surface area contributed by atoms with Gasteiger partial charge in [-0.2, -0.15) is 0 Å². The van der Waals surface area contributed by atoms with Gasteiger partial charge < -0.3 is 0 Å². The molecule has 2 aliphatic carbocycles. The van der Waals surface area contributed by atoms with Crippen molar-refractivity contribution in [3.8, 4) is 0 Å². The molecule has 0 radical (unpaired) electrons. The number of hydrogen-bond acceptors (Lipinski definition) is 0. The number of hydrogen-bond donors (Lipinski definition) is 0. The van der Waals surface area contributed by atoms with Gasteiger partial charge in [0.05, 0.1) is 0 Å². The van der Waals surface area contributed by atoms with Gasteiger partial charge in [0.15, 0.2) is 0 Å². The van der Waals surface area contributed by atoms with Gasteiger partial charge in [0.25, 0.3) is 0 Å². The van der Waals surface area contributed by atoms with Crippen LogP contribution in [0.1, 0.15) is 115 Å². The molecule has 0 bridgehead atoms. The van der Waals surface area contributed by atoms with Crippen LogP contribution in [-0.4, -0.2) is 0 Å². The molecular weight excluding hydrogens is 384 g/mol. The Labute approximate surface area is 200 Å². The average molecular weight is 435 g/mol. The summed E-state index contributed by atoms with van der Waals surface area (Å²) in [5.41, 5.74) is 11.3. The van der Waals surface area contributed by atoms with Gasteiger partial charge in [-0.3, -0.25) is 0 Å². The Morgan fingerprint density at radius 3 is 1.78 bits per heavy atom. The maximum absolute atomic E-state index is 2.39. The van der Waals surface area contributed by atoms with Gasteiger partial charge in [-0.05, 0) is 88.8 Å². The van der Waals surface area contributed by atoms with Crippen LogP contribution in [0.2, 0.25) is 0 Å². The predicted octanol–water partition coefficient (Wildman–Crippen LogP) is 10.1. The lowest BCUT2D eigenvalue weighted by Crippen LogP contribution is -2.15. The van der Waals surface area contributed by atoms with Gasteiger partial charge in [-0.1, -0.05) is 112 Å². The fourth-order valence-electron chi connectivity index (χ4n) is 4.99. The van der Waals surface area contributed by atoms with Crippen LogP contribution in [0, 0.1) is 24.7 Å². The minimum atomic E-state index is 0.277. The number of fused-ring (bicyclic) bond motifs is 2. The van der Waals surface area contributed by atoms with E-state index < -0.39 is 0 Å². The van der Waals surface area contributed by atoms with E-state index in [0.29, 0.717) is 5.41 Å². The molecule has 0 spiro atoms. The zero-order chi connectivity index (χ0) is 24.7. The van der Waals surface area contributed by atoms with Crippen molar-refractivity contribution >= 4 is 5.57 Å². The van der Waals surface area contributed by atoms with Gasteiger partial charge in [0, 0.05) is 0 Å². The minimum absolute atomic E-state index is 0.277. The standard InChI is InChI=1S/C14H20.C14H18.2C2H6/c2*1-10-6-5-7-12-11(10)8-9-13(12)14(2,3)4;2*1-2/h5-7,13H,8-9H2,1-4H3;5-7,9H,8H2,1-4H3;2*1-2H3. The summed E-state index contributed by atoms with van der Waals surface area (Å²) in [5.74, 6) is 0.761. The summed E-state index contributed by atoms with van der Waals surface area (Å²) in [4.78, 5) is 0. The zero-order valence-electron chi connectivity index (χ0n) is 23.2. The maximum atomic E-state index is 2.39. The van der Waals surface area contributed by atoms with E-state index in [1.54, 1.807) is 11.1 Å². The first kappa shape index (κ1) is 28.2. The molecule has 0 aliphatic heterocycles. The van der Waals surface area contributed by atoms with E-state index in [0.717, 1.165) is 12.3 Å². The number of rotatable bonds is 0. The molecule has 2 aromatic rings. The van der Waals surface area contributed by atoms with Crippen molar-refractivity contribution in [3.63, 3.8) is 0 Å². The van der Waals surface area contributed by atoms with Crippen molar-refractivity contribution < 1.29 is 0 Å². The van der Waals surface area contributed by atoms with E-state index in [1.807, 2.05) is 27.7 Å². The van der Waals surface area contributed by atoms with Crippen LogP contribution in [0.4, 0.5) is 0 Å². The maximum Gasteiger partial charge on any atom is -0.00825 e. The Morgan fingerprint density at radius 2 is 1.25 bits per heavy atom. The zero-order valence-corrected chi connectivity index (χ0v) is 23.2. The summed E-state index contributed by atoms with van der Waals surface area (Å²) < 4.78 is 0. The molecule has 0 aromatic heterocycles. The second-order valence-electron chi connectivity index (χ2n) is 10.8. The molecule has 2 aromatic carbocycles. The fraction of sp³-hybridized carbons (Fsp3) is 0.562. The van der Waals surface area contributed by atoms with Crippen LogP contribution in [0.25, 0.3) is 5.57 Å². The monoisotopic (exact) mass is 434 g/mol. The molecule has 0 N–H and O–H groups in total. The average Bonchev–Trinajstić information content (AvgIpc) is 3.37. The van der Waals surface area contributed by atoms with Crippen molar-refractivity contribution in [1.82, 2.24) is 0 Å². The van der Waals surface area contributed by atoms with Gasteiger partial charge in [-0.15, -0.1) is 0 Å². The Bertz CT molecular complexity index is 869.